The summed E-state index contributed by atoms with van der Waals surface area (Å²) in [5.41, 5.74) is 2.54. The van der Waals surface area contributed by atoms with Gasteiger partial charge in [0.15, 0.2) is 0 Å². The van der Waals surface area contributed by atoms with Gasteiger partial charge in [-0.2, -0.15) is 0 Å². The van der Waals surface area contributed by atoms with Crippen molar-refractivity contribution in [3.05, 3.63) is 89.5 Å². The van der Waals surface area contributed by atoms with Gasteiger partial charge in [-0.05, 0) is 54.4 Å². The third-order valence-electron chi connectivity index (χ3n) is 5.04. The van der Waals surface area contributed by atoms with E-state index in [9.17, 15) is 24.3 Å². The predicted octanol–water partition coefficient (Wildman–Crippen LogP) is 4.97. The first-order valence-electron chi connectivity index (χ1n) is 10.7. The van der Waals surface area contributed by atoms with Crippen molar-refractivity contribution in [2.24, 2.45) is 0 Å². The second-order valence-electron chi connectivity index (χ2n) is 7.70. The zero-order chi connectivity index (χ0) is 25.4. The third-order valence-corrected chi connectivity index (χ3v) is 6.31. The molecule has 3 aromatic carbocycles. The van der Waals surface area contributed by atoms with E-state index >= 15 is 0 Å². The second kappa shape index (κ2) is 11.8. The molecule has 8 nitrogen and oxygen atoms in total. The van der Waals surface area contributed by atoms with Crippen molar-refractivity contribution in [1.82, 2.24) is 0 Å². The molecule has 0 saturated heterocycles. The van der Waals surface area contributed by atoms with Gasteiger partial charge in [-0.3, -0.25) is 14.4 Å². The number of anilines is 2. The number of aliphatic carboxylic acids is 1. The van der Waals surface area contributed by atoms with E-state index < -0.39 is 23.1 Å². The van der Waals surface area contributed by atoms with Crippen LogP contribution in [-0.2, 0) is 14.4 Å². The lowest BCUT2D eigenvalue weighted by Crippen LogP contribution is -2.20. The molecule has 35 heavy (non-hydrogen) atoms. The molecule has 0 aliphatic rings. The van der Waals surface area contributed by atoms with E-state index in [4.69, 9.17) is 5.11 Å². The number of thioether (sulfide) groups is 1. The van der Waals surface area contributed by atoms with Gasteiger partial charge < -0.3 is 20.8 Å². The Kier molecular flexibility index (Phi) is 8.63. The minimum absolute atomic E-state index is 0.0794. The Hall–Kier alpha value is -4.11. The third kappa shape index (κ3) is 7.44. The number of benzene rings is 3. The summed E-state index contributed by atoms with van der Waals surface area (Å²) in [4.78, 5) is 47.9. The lowest BCUT2D eigenvalue weighted by Gasteiger charge is -2.18. The predicted molar refractivity (Wildman–Crippen MR) is 134 cm³/mol. The van der Waals surface area contributed by atoms with Gasteiger partial charge in [-0.15, -0.1) is 11.8 Å². The van der Waals surface area contributed by atoms with Gasteiger partial charge in [0.05, 0.1) is 12.0 Å². The fourth-order valence-corrected chi connectivity index (χ4v) is 4.21. The van der Waals surface area contributed by atoms with Gasteiger partial charge >= 0.3 is 11.9 Å². The second-order valence-corrected chi connectivity index (χ2v) is 8.88. The van der Waals surface area contributed by atoms with Crippen molar-refractivity contribution < 1.29 is 29.4 Å². The Labute approximate surface area is 206 Å². The number of hydrogen-bond acceptors (Lipinski definition) is 5. The van der Waals surface area contributed by atoms with Crippen LogP contribution in [0, 0.1) is 6.92 Å². The molecule has 180 valence electrons. The average molecular weight is 493 g/mol. The minimum Gasteiger partial charge on any atom is -0.481 e. The normalized spacial score (nSPS) is 11.3. The largest absolute Gasteiger partial charge is 0.481 e. The van der Waals surface area contributed by atoms with E-state index in [0.29, 0.717) is 11.4 Å². The summed E-state index contributed by atoms with van der Waals surface area (Å²) < 4.78 is 0. The lowest BCUT2D eigenvalue weighted by molar-refractivity contribution is -0.138. The number of aromatic carboxylic acids is 1. The number of aryl methyl sites for hydroxylation is 1. The molecule has 3 aromatic rings. The first-order valence-corrected chi connectivity index (χ1v) is 11.6. The number of carboxylic acid groups (broad SMARTS) is 2. The highest BCUT2D eigenvalue weighted by Crippen LogP contribution is 2.37. The number of rotatable bonds is 10. The smallest absolute Gasteiger partial charge is 0.335 e. The van der Waals surface area contributed by atoms with Gasteiger partial charge in [0, 0.05) is 22.7 Å². The molecule has 2 amide bonds. The fraction of sp³-hybridized carbons (Fsp3) is 0.154. The summed E-state index contributed by atoms with van der Waals surface area (Å²) in [5.74, 6) is -2.82. The van der Waals surface area contributed by atoms with E-state index in [2.05, 4.69) is 10.6 Å². The molecule has 4 N–H and O–H groups in total. The number of hydrogen-bond donors (Lipinski definition) is 4. The highest BCUT2D eigenvalue weighted by molar-refractivity contribution is 8.00. The summed E-state index contributed by atoms with van der Waals surface area (Å²) in [5, 5.41) is 22.8. The van der Waals surface area contributed by atoms with Crippen LogP contribution in [0.15, 0.2) is 77.7 Å². The van der Waals surface area contributed by atoms with Crippen molar-refractivity contribution in [3.8, 4) is 0 Å². The van der Waals surface area contributed by atoms with Crippen LogP contribution in [0.1, 0.15) is 39.6 Å². The number of carbonyl (C=O) groups excluding carboxylic acids is 2. The Morgan fingerprint density at radius 1 is 0.857 bits per heavy atom. The molecule has 9 heteroatoms. The van der Waals surface area contributed by atoms with Crippen LogP contribution in [0.25, 0.3) is 0 Å². The van der Waals surface area contributed by atoms with Crippen molar-refractivity contribution in [3.63, 3.8) is 0 Å². The number of carbonyl (C=O) groups is 4. The molecular formula is C26H24N2O6S. The molecule has 1 atom stereocenters. The first-order chi connectivity index (χ1) is 16.7. The maximum absolute atomic E-state index is 13.3. The molecule has 0 radical (unpaired) electrons. The first kappa shape index (κ1) is 25.5. The summed E-state index contributed by atoms with van der Waals surface area (Å²) >= 11 is 1.31. The number of amides is 2. The zero-order valence-corrected chi connectivity index (χ0v) is 19.7. The van der Waals surface area contributed by atoms with E-state index in [0.717, 1.165) is 16.0 Å². The van der Waals surface area contributed by atoms with Crippen molar-refractivity contribution in [2.75, 3.05) is 10.6 Å². The van der Waals surface area contributed by atoms with Crippen molar-refractivity contribution in [2.45, 2.75) is 29.9 Å². The van der Waals surface area contributed by atoms with E-state index in [-0.39, 0.29) is 24.3 Å². The Bertz CT molecular complexity index is 1230. The summed E-state index contributed by atoms with van der Waals surface area (Å²) in [6.07, 6.45) is -0.368. The van der Waals surface area contributed by atoms with Gasteiger partial charge in [0.1, 0.15) is 5.25 Å². The molecular weight excluding hydrogens is 468 g/mol. The van der Waals surface area contributed by atoms with E-state index in [1.165, 1.54) is 23.9 Å². The standard InChI is InChI=1S/C26H24N2O6S/c1-16-7-8-18(26(33)34)15-21(16)28-25(32)24(17-5-3-2-4-6-17)35-20-11-9-19(10-12-20)27-22(29)13-14-23(30)31/h2-12,15,24H,13-14H2,1H3,(H,27,29)(H,28,32)(H,30,31)(H,33,34). The van der Waals surface area contributed by atoms with Gasteiger partial charge in [0.25, 0.3) is 0 Å². The SMILES string of the molecule is Cc1ccc(C(=O)O)cc1NC(=O)C(Sc1ccc(NC(=O)CCC(=O)O)cc1)c1ccccc1. The molecule has 0 bridgehead atoms. The molecule has 0 heterocycles. The van der Waals surface area contributed by atoms with Crippen LogP contribution in [0.3, 0.4) is 0 Å². The van der Waals surface area contributed by atoms with Crippen LogP contribution >= 0.6 is 11.8 Å². The Balaban J connectivity index is 1.77. The van der Waals surface area contributed by atoms with E-state index in [1.807, 2.05) is 30.3 Å². The Morgan fingerprint density at radius 3 is 2.17 bits per heavy atom. The van der Waals surface area contributed by atoms with Gasteiger partial charge in [-0.1, -0.05) is 36.4 Å². The topological polar surface area (TPSA) is 133 Å². The number of nitrogens with one attached hydrogen (secondary N) is 2. The Morgan fingerprint density at radius 2 is 1.54 bits per heavy atom. The molecule has 0 aliphatic carbocycles. The highest BCUT2D eigenvalue weighted by Gasteiger charge is 2.23. The van der Waals surface area contributed by atoms with Gasteiger partial charge in [-0.25, -0.2) is 4.79 Å². The average Bonchev–Trinajstić information content (AvgIpc) is 2.84. The monoisotopic (exact) mass is 492 g/mol. The van der Waals surface area contributed by atoms with E-state index in [1.54, 1.807) is 37.3 Å². The van der Waals surface area contributed by atoms with Crippen LogP contribution in [-0.4, -0.2) is 34.0 Å². The molecule has 0 aliphatic heterocycles. The zero-order valence-electron chi connectivity index (χ0n) is 18.9. The summed E-state index contributed by atoms with van der Waals surface area (Å²) in [6.45, 7) is 1.79. The van der Waals surface area contributed by atoms with Crippen LogP contribution in [0.4, 0.5) is 11.4 Å². The van der Waals surface area contributed by atoms with Crippen LogP contribution in [0.5, 0.6) is 0 Å². The molecule has 1 unspecified atom stereocenters. The van der Waals surface area contributed by atoms with Crippen LogP contribution in [0.2, 0.25) is 0 Å². The van der Waals surface area contributed by atoms with Gasteiger partial charge in [0.2, 0.25) is 11.8 Å². The molecule has 0 fully saturated rings. The molecule has 0 aromatic heterocycles. The van der Waals surface area contributed by atoms with Crippen molar-refractivity contribution in [1.29, 1.82) is 0 Å². The molecule has 3 rings (SSSR count). The number of carboxylic acids is 2. The van der Waals surface area contributed by atoms with Crippen molar-refractivity contribution >= 4 is 46.9 Å². The molecule has 0 spiro atoms. The fourth-order valence-electron chi connectivity index (χ4n) is 3.19. The van der Waals surface area contributed by atoms with Crippen LogP contribution < -0.4 is 10.6 Å². The maximum atomic E-state index is 13.3. The minimum atomic E-state index is -1.08. The lowest BCUT2D eigenvalue weighted by atomic mass is 10.1. The molecule has 0 saturated carbocycles. The summed E-state index contributed by atoms with van der Waals surface area (Å²) in [6, 6.07) is 20.7. The summed E-state index contributed by atoms with van der Waals surface area (Å²) in [7, 11) is 0. The highest BCUT2D eigenvalue weighted by atomic mass is 32.2. The quantitative estimate of drug-likeness (QED) is 0.294. The maximum Gasteiger partial charge on any atom is 0.335 e.